The third-order valence-corrected chi connectivity index (χ3v) is 3.05. The maximum absolute atomic E-state index is 12.6. The van der Waals surface area contributed by atoms with Crippen LogP contribution in [-0.4, -0.2) is 4.98 Å². The summed E-state index contributed by atoms with van der Waals surface area (Å²) in [7, 11) is 0. The van der Waals surface area contributed by atoms with Gasteiger partial charge in [0.2, 0.25) is 0 Å². The normalized spacial score (nSPS) is 12.4. The number of hydrogen-bond acceptors (Lipinski definition) is 1. The molecule has 0 aliphatic rings. The van der Waals surface area contributed by atoms with Crippen molar-refractivity contribution in [1.82, 2.24) is 4.98 Å². The Bertz CT molecular complexity index is 591. The summed E-state index contributed by atoms with van der Waals surface area (Å²) < 4.78 is 37.7. The van der Waals surface area contributed by atoms with E-state index in [1.165, 1.54) is 0 Å². The van der Waals surface area contributed by atoms with Crippen molar-refractivity contribution in [3.8, 4) is 0 Å². The SMILES string of the molecule is CC(C)c1ccc2nc(C(F)(F)F)cc(Cl)c2c1. The van der Waals surface area contributed by atoms with Gasteiger partial charge in [-0.1, -0.05) is 31.5 Å². The second kappa shape index (κ2) is 4.43. The average Bonchev–Trinajstić information content (AvgIpc) is 2.27. The van der Waals surface area contributed by atoms with Gasteiger partial charge in [-0.15, -0.1) is 0 Å². The number of rotatable bonds is 1. The van der Waals surface area contributed by atoms with Gasteiger partial charge in [-0.2, -0.15) is 13.2 Å². The summed E-state index contributed by atoms with van der Waals surface area (Å²) in [5, 5.41) is 0.630. The van der Waals surface area contributed by atoms with Gasteiger partial charge < -0.3 is 0 Å². The van der Waals surface area contributed by atoms with E-state index in [2.05, 4.69) is 4.98 Å². The summed E-state index contributed by atoms with van der Waals surface area (Å²) in [6, 6.07) is 6.01. The third-order valence-electron chi connectivity index (χ3n) is 2.74. The van der Waals surface area contributed by atoms with Crippen LogP contribution in [0.2, 0.25) is 5.02 Å². The molecule has 5 heteroatoms. The lowest BCUT2D eigenvalue weighted by Gasteiger charge is -2.11. The van der Waals surface area contributed by atoms with E-state index in [1.54, 1.807) is 18.2 Å². The summed E-state index contributed by atoms with van der Waals surface area (Å²) in [6.45, 7) is 4.01. The molecule has 1 aromatic heterocycles. The van der Waals surface area contributed by atoms with Gasteiger partial charge in [0.25, 0.3) is 0 Å². The molecule has 1 heterocycles. The first-order chi connectivity index (χ1) is 8.29. The molecule has 0 amide bonds. The molecule has 0 aliphatic carbocycles. The van der Waals surface area contributed by atoms with Gasteiger partial charge in [-0.25, -0.2) is 4.98 Å². The Morgan fingerprint density at radius 2 is 1.83 bits per heavy atom. The fourth-order valence-corrected chi connectivity index (χ4v) is 1.96. The zero-order valence-electron chi connectivity index (χ0n) is 9.85. The summed E-state index contributed by atoms with van der Waals surface area (Å²) >= 11 is 5.90. The number of alkyl halides is 3. The van der Waals surface area contributed by atoms with Crippen LogP contribution in [0.25, 0.3) is 10.9 Å². The van der Waals surface area contributed by atoms with Crippen molar-refractivity contribution in [2.75, 3.05) is 0 Å². The molecule has 0 saturated heterocycles. The number of fused-ring (bicyclic) bond motifs is 1. The Labute approximate surface area is 108 Å². The number of hydrogen-bond donors (Lipinski definition) is 0. The number of nitrogens with zero attached hydrogens (tertiary/aromatic N) is 1. The molecule has 0 bridgehead atoms. The van der Waals surface area contributed by atoms with Crippen molar-refractivity contribution in [1.29, 1.82) is 0 Å². The molecule has 1 aromatic carbocycles. The Morgan fingerprint density at radius 3 is 2.39 bits per heavy atom. The summed E-state index contributed by atoms with van der Waals surface area (Å²) in [5.41, 5.74) is 0.322. The molecule has 0 radical (unpaired) electrons. The molecule has 1 nitrogen and oxygen atoms in total. The third kappa shape index (κ3) is 2.43. The van der Waals surface area contributed by atoms with Gasteiger partial charge in [0, 0.05) is 5.39 Å². The monoisotopic (exact) mass is 273 g/mol. The van der Waals surface area contributed by atoms with E-state index in [4.69, 9.17) is 11.6 Å². The molecular weight excluding hydrogens is 263 g/mol. The molecule has 0 atom stereocenters. The molecule has 0 unspecified atom stereocenters. The quantitative estimate of drug-likeness (QED) is 0.710. The van der Waals surface area contributed by atoms with Crippen molar-refractivity contribution in [2.45, 2.75) is 25.9 Å². The molecule has 18 heavy (non-hydrogen) atoms. The molecule has 0 spiro atoms. The number of aromatic nitrogens is 1. The average molecular weight is 274 g/mol. The summed E-state index contributed by atoms with van der Waals surface area (Å²) in [6.07, 6.45) is -4.48. The largest absolute Gasteiger partial charge is 0.433 e. The van der Waals surface area contributed by atoms with E-state index in [0.29, 0.717) is 5.39 Å². The lowest BCUT2D eigenvalue weighted by molar-refractivity contribution is -0.140. The second-order valence-electron chi connectivity index (χ2n) is 4.42. The second-order valence-corrected chi connectivity index (χ2v) is 4.83. The molecule has 2 rings (SSSR count). The fraction of sp³-hybridized carbons (Fsp3) is 0.308. The van der Waals surface area contributed by atoms with Gasteiger partial charge in [-0.05, 0) is 29.7 Å². The van der Waals surface area contributed by atoms with Crippen molar-refractivity contribution < 1.29 is 13.2 Å². The molecule has 0 N–H and O–H groups in total. The molecule has 96 valence electrons. The highest BCUT2D eigenvalue weighted by Crippen LogP contribution is 2.33. The smallest absolute Gasteiger partial charge is 0.243 e. The maximum Gasteiger partial charge on any atom is 0.433 e. The van der Waals surface area contributed by atoms with Gasteiger partial charge in [-0.3, -0.25) is 0 Å². The van der Waals surface area contributed by atoms with E-state index >= 15 is 0 Å². The first kappa shape index (κ1) is 13.1. The van der Waals surface area contributed by atoms with Gasteiger partial charge >= 0.3 is 6.18 Å². The lowest BCUT2D eigenvalue weighted by Crippen LogP contribution is -2.08. The summed E-state index contributed by atoms with van der Waals surface area (Å²) in [4.78, 5) is 3.60. The van der Waals surface area contributed by atoms with Crippen molar-refractivity contribution in [2.24, 2.45) is 0 Å². The van der Waals surface area contributed by atoms with Gasteiger partial charge in [0.05, 0.1) is 10.5 Å². The Kier molecular flexibility index (Phi) is 3.23. The van der Waals surface area contributed by atoms with Gasteiger partial charge in [0.1, 0.15) is 5.69 Å². The number of benzene rings is 1. The van der Waals surface area contributed by atoms with E-state index in [1.807, 2.05) is 13.8 Å². The van der Waals surface area contributed by atoms with Crippen molar-refractivity contribution in [3.05, 3.63) is 40.5 Å². The topological polar surface area (TPSA) is 12.9 Å². The van der Waals surface area contributed by atoms with E-state index in [0.717, 1.165) is 11.6 Å². The number of pyridine rings is 1. The van der Waals surface area contributed by atoms with Crippen LogP contribution in [0.5, 0.6) is 0 Å². The Balaban J connectivity index is 2.66. The zero-order valence-corrected chi connectivity index (χ0v) is 10.6. The first-order valence-electron chi connectivity index (χ1n) is 5.46. The fourth-order valence-electron chi connectivity index (χ4n) is 1.71. The Hall–Kier alpha value is -1.29. The Morgan fingerprint density at radius 1 is 1.17 bits per heavy atom. The maximum atomic E-state index is 12.6. The standard InChI is InChI=1S/C13H11ClF3N/c1-7(2)8-3-4-11-9(5-8)10(14)6-12(18-11)13(15,16)17/h3-7H,1-2H3. The predicted molar refractivity (Wildman–Crippen MR) is 65.8 cm³/mol. The van der Waals surface area contributed by atoms with Crippen LogP contribution in [0.3, 0.4) is 0 Å². The molecule has 0 aliphatic heterocycles. The molecular formula is C13H11ClF3N. The number of halogens is 4. The lowest BCUT2D eigenvalue weighted by atomic mass is 10.0. The van der Waals surface area contributed by atoms with E-state index in [-0.39, 0.29) is 16.5 Å². The minimum absolute atomic E-state index is 0.0785. The van der Waals surface area contributed by atoms with Crippen LogP contribution in [0.1, 0.15) is 31.0 Å². The van der Waals surface area contributed by atoms with Crippen LogP contribution < -0.4 is 0 Å². The van der Waals surface area contributed by atoms with Crippen molar-refractivity contribution >= 4 is 22.5 Å². The molecule has 0 fully saturated rings. The van der Waals surface area contributed by atoms with Crippen LogP contribution in [0.4, 0.5) is 13.2 Å². The minimum atomic E-state index is -4.48. The van der Waals surface area contributed by atoms with E-state index in [9.17, 15) is 13.2 Å². The molecule has 2 aromatic rings. The molecule has 0 saturated carbocycles. The van der Waals surface area contributed by atoms with Crippen LogP contribution >= 0.6 is 11.6 Å². The minimum Gasteiger partial charge on any atom is -0.243 e. The first-order valence-corrected chi connectivity index (χ1v) is 5.84. The predicted octanol–water partition coefficient (Wildman–Crippen LogP) is 5.03. The highest BCUT2D eigenvalue weighted by molar-refractivity contribution is 6.35. The van der Waals surface area contributed by atoms with Crippen LogP contribution in [0, 0.1) is 0 Å². The van der Waals surface area contributed by atoms with Crippen LogP contribution in [0.15, 0.2) is 24.3 Å². The highest BCUT2D eigenvalue weighted by atomic mass is 35.5. The van der Waals surface area contributed by atoms with Crippen molar-refractivity contribution in [3.63, 3.8) is 0 Å². The zero-order chi connectivity index (χ0) is 13.5. The van der Waals surface area contributed by atoms with Crippen LogP contribution in [-0.2, 0) is 6.18 Å². The van der Waals surface area contributed by atoms with E-state index < -0.39 is 11.9 Å². The highest BCUT2D eigenvalue weighted by Gasteiger charge is 2.33. The summed E-state index contributed by atoms with van der Waals surface area (Å²) in [5.74, 6) is 0.285. The van der Waals surface area contributed by atoms with Gasteiger partial charge in [0.15, 0.2) is 0 Å².